The number of aryl methyl sites for hydroxylation is 1. The average Bonchev–Trinajstić information content (AvgIpc) is 3.36. The van der Waals surface area contributed by atoms with Gasteiger partial charge in [0.2, 0.25) is 0 Å². The number of nitrogens with zero attached hydrogens (tertiary/aromatic N) is 2. The molecule has 0 fully saturated rings. The molecule has 0 bridgehead atoms. The van der Waals surface area contributed by atoms with E-state index in [4.69, 9.17) is 4.42 Å². The fourth-order valence-corrected chi connectivity index (χ4v) is 3.39. The van der Waals surface area contributed by atoms with Crippen LogP contribution < -0.4 is 10.6 Å². The van der Waals surface area contributed by atoms with Crippen molar-refractivity contribution < 1.29 is 14.0 Å². The van der Waals surface area contributed by atoms with Gasteiger partial charge in [-0.2, -0.15) is 0 Å². The molecule has 1 aromatic carbocycles. The Bertz CT molecular complexity index is 988. The van der Waals surface area contributed by atoms with Gasteiger partial charge in [0, 0.05) is 12.2 Å². The molecule has 1 aliphatic rings. The Hall–Kier alpha value is -3.35. The molecular formula is C21H22N4O3. The van der Waals surface area contributed by atoms with E-state index in [1.807, 2.05) is 35.8 Å². The Kier molecular flexibility index (Phi) is 4.97. The fourth-order valence-electron chi connectivity index (χ4n) is 3.39. The number of aromatic nitrogens is 2. The highest BCUT2D eigenvalue weighted by atomic mass is 16.3. The van der Waals surface area contributed by atoms with Gasteiger partial charge in [0.1, 0.15) is 11.5 Å². The van der Waals surface area contributed by atoms with Crippen LogP contribution in [-0.2, 0) is 19.5 Å². The summed E-state index contributed by atoms with van der Waals surface area (Å²) >= 11 is 0. The number of furan rings is 1. The molecule has 4 rings (SSSR count). The summed E-state index contributed by atoms with van der Waals surface area (Å²) in [6.45, 7) is 2.96. The van der Waals surface area contributed by atoms with Gasteiger partial charge in [-0.15, -0.1) is 0 Å². The van der Waals surface area contributed by atoms with Crippen LogP contribution in [0.5, 0.6) is 0 Å². The van der Waals surface area contributed by atoms with Crippen molar-refractivity contribution in [2.45, 2.75) is 39.3 Å². The molecule has 2 N–H and O–H groups in total. The van der Waals surface area contributed by atoms with E-state index in [0.717, 1.165) is 30.5 Å². The van der Waals surface area contributed by atoms with Crippen molar-refractivity contribution in [3.8, 4) is 0 Å². The van der Waals surface area contributed by atoms with Crippen LogP contribution in [0.4, 0.5) is 5.69 Å². The molecule has 28 heavy (non-hydrogen) atoms. The maximum absolute atomic E-state index is 12.8. The largest absolute Gasteiger partial charge is 0.467 e. The Morgan fingerprint density at radius 2 is 1.96 bits per heavy atom. The summed E-state index contributed by atoms with van der Waals surface area (Å²) in [7, 11) is 0. The second-order valence-corrected chi connectivity index (χ2v) is 6.92. The molecule has 2 aromatic heterocycles. The monoisotopic (exact) mass is 378 g/mol. The minimum absolute atomic E-state index is 0.276. The molecule has 2 amide bonds. The third kappa shape index (κ3) is 3.69. The van der Waals surface area contributed by atoms with Gasteiger partial charge in [0.25, 0.3) is 11.8 Å². The van der Waals surface area contributed by atoms with E-state index in [2.05, 4.69) is 15.6 Å². The van der Waals surface area contributed by atoms with Crippen LogP contribution in [0.25, 0.3) is 0 Å². The number of nitrogens with one attached hydrogen (secondary N) is 2. The first kappa shape index (κ1) is 18.0. The Balaban J connectivity index is 1.56. The molecule has 7 heteroatoms. The molecule has 3 aromatic rings. The molecule has 0 radical (unpaired) electrons. The zero-order valence-electron chi connectivity index (χ0n) is 15.7. The maximum Gasteiger partial charge on any atom is 0.291 e. The lowest BCUT2D eigenvalue weighted by Crippen LogP contribution is -2.25. The van der Waals surface area contributed by atoms with Crippen LogP contribution in [0.15, 0.2) is 47.1 Å². The van der Waals surface area contributed by atoms with E-state index < -0.39 is 0 Å². The Morgan fingerprint density at radius 3 is 2.71 bits per heavy atom. The first-order chi connectivity index (χ1) is 13.6. The smallest absolute Gasteiger partial charge is 0.291 e. The van der Waals surface area contributed by atoms with Gasteiger partial charge < -0.3 is 19.6 Å². The van der Waals surface area contributed by atoms with E-state index in [1.165, 1.54) is 0 Å². The molecule has 0 atom stereocenters. The van der Waals surface area contributed by atoms with Crippen molar-refractivity contribution in [3.05, 3.63) is 71.2 Å². The van der Waals surface area contributed by atoms with Crippen LogP contribution in [0.3, 0.4) is 0 Å². The van der Waals surface area contributed by atoms with Gasteiger partial charge in [0.15, 0.2) is 5.82 Å². The zero-order valence-corrected chi connectivity index (χ0v) is 15.7. The standard InChI is InChI=1S/C21H22N4O3/c1-14-7-9-15(10-8-14)23-21(27)19-24-18(17-6-2-3-11-25(17)19)20(26)22-13-16-5-4-12-28-16/h4-5,7-10,12H,2-3,6,11,13H2,1H3,(H,22,26)(H,23,27). The van der Waals surface area contributed by atoms with Crippen molar-refractivity contribution in [2.24, 2.45) is 0 Å². The fraction of sp³-hybridized carbons (Fsp3) is 0.286. The van der Waals surface area contributed by atoms with Gasteiger partial charge in [-0.1, -0.05) is 17.7 Å². The number of hydrogen-bond donors (Lipinski definition) is 2. The van der Waals surface area contributed by atoms with E-state index in [9.17, 15) is 9.59 Å². The van der Waals surface area contributed by atoms with E-state index in [-0.39, 0.29) is 24.2 Å². The third-order valence-electron chi connectivity index (χ3n) is 4.85. The number of carbonyl (C=O) groups is 2. The van der Waals surface area contributed by atoms with Crippen LogP contribution in [0, 0.1) is 6.92 Å². The first-order valence-electron chi connectivity index (χ1n) is 9.40. The molecule has 144 valence electrons. The highest BCUT2D eigenvalue weighted by molar-refractivity contribution is 6.03. The molecule has 0 spiro atoms. The highest BCUT2D eigenvalue weighted by Gasteiger charge is 2.27. The number of benzene rings is 1. The number of rotatable bonds is 5. The van der Waals surface area contributed by atoms with Gasteiger partial charge >= 0.3 is 0 Å². The lowest BCUT2D eigenvalue weighted by Gasteiger charge is -2.17. The summed E-state index contributed by atoms with van der Waals surface area (Å²) in [6.07, 6.45) is 4.23. The minimum Gasteiger partial charge on any atom is -0.467 e. The summed E-state index contributed by atoms with van der Waals surface area (Å²) < 4.78 is 7.12. The molecule has 7 nitrogen and oxygen atoms in total. The lowest BCUT2D eigenvalue weighted by atomic mass is 10.1. The van der Waals surface area contributed by atoms with E-state index >= 15 is 0 Å². The zero-order chi connectivity index (χ0) is 19.5. The molecule has 0 aliphatic carbocycles. The average molecular weight is 378 g/mol. The topological polar surface area (TPSA) is 89.2 Å². The Labute approximate surface area is 162 Å². The second-order valence-electron chi connectivity index (χ2n) is 6.92. The number of fused-ring (bicyclic) bond motifs is 1. The normalized spacial score (nSPS) is 13.0. The van der Waals surface area contributed by atoms with Crippen molar-refractivity contribution in [1.29, 1.82) is 0 Å². The van der Waals surface area contributed by atoms with Crippen LogP contribution in [-0.4, -0.2) is 21.4 Å². The summed E-state index contributed by atoms with van der Waals surface area (Å²) in [5, 5.41) is 5.69. The number of carbonyl (C=O) groups excluding carboxylic acids is 2. The van der Waals surface area contributed by atoms with Crippen molar-refractivity contribution in [1.82, 2.24) is 14.9 Å². The SMILES string of the molecule is Cc1ccc(NC(=O)c2nc(C(=O)NCc3ccco3)c3n2CCCC3)cc1. The minimum atomic E-state index is -0.308. The number of hydrogen-bond acceptors (Lipinski definition) is 4. The van der Waals surface area contributed by atoms with E-state index in [1.54, 1.807) is 18.4 Å². The van der Waals surface area contributed by atoms with Gasteiger partial charge in [0.05, 0.1) is 18.5 Å². The molecule has 0 unspecified atom stereocenters. The molecule has 0 saturated heterocycles. The summed E-state index contributed by atoms with van der Waals surface area (Å²) in [6, 6.07) is 11.1. The van der Waals surface area contributed by atoms with Gasteiger partial charge in [-0.05, 0) is 50.5 Å². The predicted octanol–water partition coefficient (Wildman–Crippen LogP) is 3.30. The van der Waals surface area contributed by atoms with Gasteiger partial charge in [-0.3, -0.25) is 9.59 Å². The number of amides is 2. The third-order valence-corrected chi connectivity index (χ3v) is 4.85. The molecule has 1 aliphatic heterocycles. The maximum atomic E-state index is 12.8. The number of anilines is 1. The van der Waals surface area contributed by atoms with Gasteiger partial charge in [-0.25, -0.2) is 4.98 Å². The second kappa shape index (κ2) is 7.72. The van der Waals surface area contributed by atoms with Crippen LogP contribution in [0.2, 0.25) is 0 Å². The Morgan fingerprint density at radius 1 is 1.14 bits per heavy atom. The van der Waals surface area contributed by atoms with Crippen molar-refractivity contribution >= 4 is 17.5 Å². The quantitative estimate of drug-likeness (QED) is 0.713. The molecule has 3 heterocycles. The summed E-state index contributed by atoms with van der Waals surface area (Å²) in [4.78, 5) is 29.9. The van der Waals surface area contributed by atoms with Crippen molar-refractivity contribution in [3.63, 3.8) is 0 Å². The van der Waals surface area contributed by atoms with Crippen LogP contribution >= 0.6 is 0 Å². The van der Waals surface area contributed by atoms with Crippen LogP contribution in [0.1, 0.15) is 51.0 Å². The van der Waals surface area contributed by atoms with E-state index in [0.29, 0.717) is 23.7 Å². The lowest BCUT2D eigenvalue weighted by molar-refractivity contribution is 0.0942. The first-order valence-corrected chi connectivity index (χ1v) is 9.40. The molecular weight excluding hydrogens is 356 g/mol. The van der Waals surface area contributed by atoms with Crippen molar-refractivity contribution in [2.75, 3.05) is 5.32 Å². The highest BCUT2D eigenvalue weighted by Crippen LogP contribution is 2.22. The number of imidazole rings is 1. The predicted molar refractivity (Wildman–Crippen MR) is 104 cm³/mol. The summed E-state index contributed by atoms with van der Waals surface area (Å²) in [5.41, 5.74) is 2.96. The molecule has 0 saturated carbocycles. The summed E-state index contributed by atoms with van der Waals surface area (Å²) in [5.74, 6) is 0.339.